The number of likely N-dealkylation sites (tertiary alicyclic amines) is 1. The van der Waals surface area contributed by atoms with Gasteiger partial charge in [-0.2, -0.15) is 0 Å². The summed E-state index contributed by atoms with van der Waals surface area (Å²) in [5.74, 6) is 0.619. The lowest BCUT2D eigenvalue weighted by molar-refractivity contribution is -0.123. The molecule has 1 atom stereocenters. The van der Waals surface area contributed by atoms with E-state index in [1.165, 1.54) is 5.56 Å². The number of aryl methyl sites for hydroxylation is 1. The van der Waals surface area contributed by atoms with Gasteiger partial charge in [-0.1, -0.05) is 43.3 Å². The first-order chi connectivity index (χ1) is 13.2. The van der Waals surface area contributed by atoms with Crippen LogP contribution in [0.1, 0.15) is 43.9 Å². The molecule has 0 aliphatic carbocycles. The van der Waals surface area contributed by atoms with Crippen LogP contribution in [-0.2, 0) is 17.8 Å². The van der Waals surface area contributed by atoms with Gasteiger partial charge in [0, 0.05) is 38.3 Å². The quantitative estimate of drug-likeness (QED) is 0.773. The highest BCUT2D eigenvalue weighted by Gasteiger charge is 2.21. The van der Waals surface area contributed by atoms with E-state index in [1.54, 1.807) is 0 Å². The Kier molecular flexibility index (Phi) is 7.40. The normalized spacial score (nSPS) is 16.8. The maximum Gasteiger partial charge on any atom is 0.220 e. The van der Waals surface area contributed by atoms with Gasteiger partial charge >= 0.3 is 0 Å². The van der Waals surface area contributed by atoms with E-state index in [4.69, 9.17) is 0 Å². The maximum absolute atomic E-state index is 12.4. The zero-order valence-corrected chi connectivity index (χ0v) is 16.3. The van der Waals surface area contributed by atoms with Crippen LogP contribution in [0.25, 0.3) is 0 Å². The molecule has 0 bridgehead atoms. The highest BCUT2D eigenvalue weighted by Crippen LogP contribution is 2.15. The van der Waals surface area contributed by atoms with E-state index in [0.717, 1.165) is 51.0 Å². The van der Waals surface area contributed by atoms with E-state index in [2.05, 4.69) is 52.5 Å². The Bertz CT molecular complexity index is 681. The minimum atomic E-state index is 0.207. The average molecular weight is 366 g/mol. The third-order valence-corrected chi connectivity index (χ3v) is 5.37. The molecule has 1 fully saturated rings. The van der Waals surface area contributed by atoms with Crippen LogP contribution < -0.4 is 5.32 Å². The zero-order valence-electron chi connectivity index (χ0n) is 16.3. The first-order valence-corrected chi connectivity index (χ1v) is 10.1. The molecule has 2 heterocycles. The summed E-state index contributed by atoms with van der Waals surface area (Å²) in [6.07, 6.45) is 6.62. The van der Waals surface area contributed by atoms with E-state index in [1.807, 2.05) is 24.4 Å². The lowest BCUT2D eigenvalue weighted by Crippen LogP contribution is -2.44. The first kappa shape index (κ1) is 19.6. The molecule has 0 spiro atoms. The van der Waals surface area contributed by atoms with Crippen molar-refractivity contribution >= 4 is 5.91 Å². The van der Waals surface area contributed by atoms with E-state index < -0.39 is 0 Å². The molecule has 4 nitrogen and oxygen atoms in total. The van der Waals surface area contributed by atoms with Crippen molar-refractivity contribution in [2.24, 2.45) is 5.92 Å². The molecule has 1 aromatic heterocycles. The lowest BCUT2D eigenvalue weighted by atomic mass is 9.97. The van der Waals surface area contributed by atoms with E-state index in [-0.39, 0.29) is 5.91 Å². The number of benzene rings is 1. The van der Waals surface area contributed by atoms with E-state index >= 15 is 0 Å². The van der Waals surface area contributed by atoms with Gasteiger partial charge in [0.25, 0.3) is 0 Å². The number of amides is 1. The number of carbonyl (C=O) groups excluding carboxylic acids is 1. The largest absolute Gasteiger partial charge is 0.353 e. The Morgan fingerprint density at radius 2 is 1.89 bits per heavy atom. The van der Waals surface area contributed by atoms with Crippen LogP contribution in [0.5, 0.6) is 0 Å². The first-order valence-electron chi connectivity index (χ1n) is 10.1. The van der Waals surface area contributed by atoms with Gasteiger partial charge in [0.05, 0.1) is 5.69 Å². The van der Waals surface area contributed by atoms with Crippen molar-refractivity contribution in [3.05, 3.63) is 66.0 Å². The molecule has 1 aliphatic rings. The topological polar surface area (TPSA) is 45.2 Å². The molecular weight excluding hydrogens is 334 g/mol. The SMILES string of the molecule is C[C@@H](CCc1ccccc1)CC(=O)NC1CCN(Cc2ccccn2)CC1. The molecule has 1 amide bonds. The van der Waals surface area contributed by atoms with Crippen molar-refractivity contribution in [1.29, 1.82) is 0 Å². The van der Waals surface area contributed by atoms with Gasteiger partial charge in [-0.15, -0.1) is 0 Å². The fourth-order valence-electron chi connectivity index (χ4n) is 3.72. The van der Waals surface area contributed by atoms with Crippen LogP contribution in [0.4, 0.5) is 0 Å². The van der Waals surface area contributed by atoms with E-state index in [0.29, 0.717) is 18.4 Å². The van der Waals surface area contributed by atoms with Gasteiger partial charge in [-0.05, 0) is 49.3 Å². The Morgan fingerprint density at radius 3 is 2.59 bits per heavy atom. The van der Waals surface area contributed by atoms with Crippen LogP contribution in [0.15, 0.2) is 54.7 Å². The summed E-state index contributed by atoms with van der Waals surface area (Å²) in [5.41, 5.74) is 2.47. The molecule has 2 aromatic rings. The van der Waals surface area contributed by atoms with Gasteiger partial charge in [-0.3, -0.25) is 14.7 Å². The number of hydrogen-bond donors (Lipinski definition) is 1. The summed E-state index contributed by atoms with van der Waals surface area (Å²) in [5, 5.41) is 3.25. The van der Waals surface area contributed by atoms with Crippen LogP contribution in [0.2, 0.25) is 0 Å². The lowest BCUT2D eigenvalue weighted by Gasteiger charge is -2.32. The van der Waals surface area contributed by atoms with Gasteiger partial charge in [0.15, 0.2) is 0 Å². The maximum atomic E-state index is 12.4. The van der Waals surface area contributed by atoms with Crippen molar-refractivity contribution < 1.29 is 4.79 Å². The molecule has 3 rings (SSSR count). The molecule has 1 N–H and O–H groups in total. The molecule has 0 radical (unpaired) electrons. The summed E-state index contributed by atoms with van der Waals surface area (Å²) in [6, 6.07) is 16.9. The second kappa shape index (κ2) is 10.2. The molecular formula is C23H31N3O. The predicted octanol–water partition coefficient (Wildman–Crippen LogP) is 3.82. The smallest absolute Gasteiger partial charge is 0.220 e. The Labute approximate surface area is 163 Å². The standard InChI is InChI=1S/C23H31N3O/c1-19(10-11-20-7-3-2-4-8-20)17-23(27)25-21-12-15-26(16-13-21)18-22-9-5-6-14-24-22/h2-9,14,19,21H,10-13,15-18H2,1H3,(H,25,27)/t19-/m0/s1. The summed E-state index contributed by atoms with van der Waals surface area (Å²) in [4.78, 5) is 19.2. The Morgan fingerprint density at radius 1 is 1.15 bits per heavy atom. The number of hydrogen-bond acceptors (Lipinski definition) is 3. The predicted molar refractivity (Wildman–Crippen MR) is 109 cm³/mol. The number of carbonyl (C=O) groups is 1. The van der Waals surface area contributed by atoms with Gasteiger partial charge < -0.3 is 5.32 Å². The van der Waals surface area contributed by atoms with Crippen LogP contribution >= 0.6 is 0 Å². The number of piperidine rings is 1. The summed E-state index contributed by atoms with van der Waals surface area (Å²) in [7, 11) is 0. The minimum Gasteiger partial charge on any atom is -0.353 e. The molecule has 1 aromatic carbocycles. The number of aromatic nitrogens is 1. The van der Waals surface area contributed by atoms with Crippen molar-refractivity contribution in [2.45, 2.75) is 51.6 Å². The second-order valence-corrected chi connectivity index (χ2v) is 7.77. The van der Waals surface area contributed by atoms with Crippen molar-refractivity contribution in [3.63, 3.8) is 0 Å². The third-order valence-electron chi connectivity index (χ3n) is 5.37. The molecule has 4 heteroatoms. The average Bonchev–Trinajstić information content (AvgIpc) is 2.69. The van der Waals surface area contributed by atoms with Gasteiger partial charge in [0.2, 0.25) is 5.91 Å². The van der Waals surface area contributed by atoms with Gasteiger partial charge in [-0.25, -0.2) is 0 Å². The minimum absolute atomic E-state index is 0.207. The second-order valence-electron chi connectivity index (χ2n) is 7.77. The van der Waals surface area contributed by atoms with Crippen LogP contribution in [0.3, 0.4) is 0 Å². The fourth-order valence-corrected chi connectivity index (χ4v) is 3.72. The van der Waals surface area contributed by atoms with E-state index in [9.17, 15) is 4.79 Å². The summed E-state index contributed by atoms with van der Waals surface area (Å²) >= 11 is 0. The summed E-state index contributed by atoms with van der Waals surface area (Å²) in [6.45, 7) is 5.12. The van der Waals surface area contributed by atoms with Gasteiger partial charge in [0.1, 0.15) is 0 Å². The highest BCUT2D eigenvalue weighted by atomic mass is 16.1. The molecule has 1 aliphatic heterocycles. The fraction of sp³-hybridized carbons (Fsp3) is 0.478. The van der Waals surface area contributed by atoms with Crippen molar-refractivity contribution in [1.82, 2.24) is 15.2 Å². The number of nitrogens with one attached hydrogen (secondary N) is 1. The molecule has 27 heavy (non-hydrogen) atoms. The molecule has 144 valence electrons. The Hall–Kier alpha value is -2.20. The molecule has 0 saturated carbocycles. The van der Waals surface area contributed by atoms with Crippen molar-refractivity contribution in [3.8, 4) is 0 Å². The third kappa shape index (κ3) is 6.79. The van der Waals surface area contributed by atoms with Crippen LogP contribution in [0, 0.1) is 5.92 Å². The zero-order chi connectivity index (χ0) is 18.9. The Balaban J connectivity index is 1.33. The number of nitrogens with zero attached hydrogens (tertiary/aromatic N) is 2. The van der Waals surface area contributed by atoms with Crippen molar-refractivity contribution in [2.75, 3.05) is 13.1 Å². The monoisotopic (exact) mass is 365 g/mol. The number of rotatable bonds is 8. The highest BCUT2D eigenvalue weighted by molar-refractivity contribution is 5.76. The molecule has 0 unspecified atom stereocenters. The number of pyridine rings is 1. The van der Waals surface area contributed by atoms with Crippen LogP contribution in [-0.4, -0.2) is 34.9 Å². The molecule has 1 saturated heterocycles. The summed E-state index contributed by atoms with van der Waals surface area (Å²) < 4.78 is 0.